The van der Waals surface area contributed by atoms with Crippen LogP contribution in [0.3, 0.4) is 0 Å². The molecule has 0 atom stereocenters. The van der Waals surface area contributed by atoms with Crippen molar-refractivity contribution in [1.29, 1.82) is 0 Å². The Kier molecular flexibility index (Phi) is 5.90. The number of para-hydroxylation sites is 1. The van der Waals surface area contributed by atoms with E-state index in [1.807, 2.05) is 18.2 Å². The van der Waals surface area contributed by atoms with E-state index in [9.17, 15) is 9.18 Å². The highest BCUT2D eigenvalue weighted by molar-refractivity contribution is 7.98. The number of hydrogen-bond donors (Lipinski definition) is 0. The summed E-state index contributed by atoms with van der Waals surface area (Å²) in [4.78, 5) is 17.8. The lowest BCUT2D eigenvalue weighted by atomic mass is 10.2. The van der Waals surface area contributed by atoms with Gasteiger partial charge in [-0.1, -0.05) is 65.3 Å². The Labute approximate surface area is 181 Å². The summed E-state index contributed by atoms with van der Waals surface area (Å²) >= 11 is 14.0. The molecule has 0 amide bonds. The predicted octanol–water partition coefficient (Wildman–Crippen LogP) is 6.18. The van der Waals surface area contributed by atoms with Crippen molar-refractivity contribution in [1.82, 2.24) is 9.55 Å². The minimum absolute atomic E-state index is 0.146. The van der Waals surface area contributed by atoms with Gasteiger partial charge in [-0.05, 0) is 47.5 Å². The predicted molar refractivity (Wildman–Crippen MR) is 118 cm³/mol. The van der Waals surface area contributed by atoms with Crippen molar-refractivity contribution < 1.29 is 4.39 Å². The highest BCUT2D eigenvalue weighted by Gasteiger charge is 2.14. The number of halogens is 3. The number of benzene rings is 3. The Hall–Kier alpha value is -2.34. The summed E-state index contributed by atoms with van der Waals surface area (Å²) in [5.74, 6) is 0.146. The molecule has 4 rings (SSSR count). The van der Waals surface area contributed by atoms with Crippen molar-refractivity contribution in [2.24, 2.45) is 0 Å². The molecule has 0 fully saturated rings. The maximum atomic E-state index is 13.3. The van der Waals surface area contributed by atoms with Crippen LogP contribution in [0.2, 0.25) is 10.0 Å². The van der Waals surface area contributed by atoms with Crippen molar-refractivity contribution >= 4 is 45.9 Å². The van der Waals surface area contributed by atoms with Gasteiger partial charge < -0.3 is 0 Å². The number of nitrogens with zero attached hydrogens (tertiary/aromatic N) is 2. The molecular weight excluding hydrogens is 430 g/mol. The fourth-order valence-corrected chi connectivity index (χ4v) is 4.72. The quantitative estimate of drug-likeness (QED) is 0.272. The van der Waals surface area contributed by atoms with Crippen LogP contribution in [0.5, 0.6) is 0 Å². The van der Waals surface area contributed by atoms with Crippen LogP contribution in [0.1, 0.15) is 11.1 Å². The van der Waals surface area contributed by atoms with Gasteiger partial charge in [0.25, 0.3) is 5.56 Å². The number of fused-ring (bicyclic) bond motifs is 1. The van der Waals surface area contributed by atoms with Crippen LogP contribution in [0.15, 0.2) is 76.7 Å². The van der Waals surface area contributed by atoms with Crippen LogP contribution in [0, 0.1) is 5.82 Å². The average Bonchev–Trinajstić information content (AvgIpc) is 2.72. The molecule has 3 aromatic carbocycles. The van der Waals surface area contributed by atoms with Crippen LogP contribution in [0.25, 0.3) is 10.9 Å². The Morgan fingerprint density at radius 3 is 2.34 bits per heavy atom. The molecule has 0 saturated carbocycles. The Morgan fingerprint density at radius 2 is 1.62 bits per heavy atom. The minimum Gasteiger partial charge on any atom is -0.283 e. The van der Waals surface area contributed by atoms with E-state index >= 15 is 0 Å². The molecule has 4 aromatic rings. The van der Waals surface area contributed by atoms with Crippen molar-refractivity contribution in [3.05, 3.63) is 104 Å². The highest BCUT2D eigenvalue weighted by Crippen LogP contribution is 2.31. The summed E-state index contributed by atoms with van der Waals surface area (Å²) < 4.78 is 14.9. The molecule has 0 saturated heterocycles. The Morgan fingerprint density at radius 1 is 0.931 bits per heavy atom. The second-order valence-corrected chi connectivity index (χ2v) is 8.18. The summed E-state index contributed by atoms with van der Waals surface area (Å²) in [6.07, 6.45) is 0. The van der Waals surface area contributed by atoms with Crippen LogP contribution in [0.4, 0.5) is 4.39 Å². The molecule has 1 heterocycles. The molecule has 29 heavy (non-hydrogen) atoms. The molecule has 0 aliphatic carbocycles. The van der Waals surface area contributed by atoms with Gasteiger partial charge in [0.05, 0.1) is 17.4 Å². The largest absolute Gasteiger partial charge is 0.283 e. The van der Waals surface area contributed by atoms with Gasteiger partial charge in [0.15, 0.2) is 5.16 Å². The summed E-state index contributed by atoms with van der Waals surface area (Å²) in [6.45, 7) is 0.287. The van der Waals surface area contributed by atoms with E-state index < -0.39 is 0 Å². The van der Waals surface area contributed by atoms with Crippen LogP contribution in [-0.2, 0) is 12.3 Å². The maximum absolute atomic E-state index is 13.3. The van der Waals surface area contributed by atoms with E-state index in [-0.39, 0.29) is 17.9 Å². The summed E-state index contributed by atoms with van der Waals surface area (Å²) in [5.41, 5.74) is 2.08. The molecule has 0 N–H and O–H groups in total. The molecule has 0 aliphatic rings. The van der Waals surface area contributed by atoms with E-state index in [4.69, 9.17) is 23.2 Å². The second-order valence-electron chi connectivity index (χ2n) is 6.42. The normalized spacial score (nSPS) is 11.1. The Balaban J connectivity index is 1.76. The molecular formula is C22H15Cl2FN2OS. The number of rotatable bonds is 5. The van der Waals surface area contributed by atoms with E-state index in [0.29, 0.717) is 31.9 Å². The lowest BCUT2D eigenvalue weighted by Gasteiger charge is -2.14. The van der Waals surface area contributed by atoms with Crippen LogP contribution in [-0.4, -0.2) is 9.55 Å². The minimum atomic E-state index is -0.319. The van der Waals surface area contributed by atoms with Gasteiger partial charge in [0.2, 0.25) is 0 Å². The van der Waals surface area contributed by atoms with E-state index in [2.05, 4.69) is 4.98 Å². The third-order valence-electron chi connectivity index (χ3n) is 4.49. The van der Waals surface area contributed by atoms with Crippen molar-refractivity contribution in [3.63, 3.8) is 0 Å². The fourth-order valence-electron chi connectivity index (χ4n) is 2.98. The number of thioether (sulfide) groups is 1. The van der Waals surface area contributed by atoms with Gasteiger partial charge in [-0.2, -0.15) is 0 Å². The first-order valence-electron chi connectivity index (χ1n) is 8.82. The van der Waals surface area contributed by atoms with E-state index in [0.717, 1.165) is 11.1 Å². The SMILES string of the molecule is O=c1c2ccccc2nc(SCc2c(Cl)cccc2Cl)n1Cc1ccc(F)cc1. The molecule has 0 radical (unpaired) electrons. The van der Waals surface area contributed by atoms with Gasteiger partial charge in [-0.3, -0.25) is 9.36 Å². The third-order valence-corrected chi connectivity index (χ3v) is 6.20. The first-order chi connectivity index (χ1) is 14.0. The molecule has 0 aliphatic heterocycles. The molecule has 0 spiro atoms. The monoisotopic (exact) mass is 444 g/mol. The zero-order valence-corrected chi connectivity index (χ0v) is 17.4. The smallest absolute Gasteiger partial charge is 0.262 e. The fraction of sp³-hybridized carbons (Fsp3) is 0.0909. The molecule has 7 heteroatoms. The third kappa shape index (κ3) is 4.32. The van der Waals surface area contributed by atoms with Gasteiger partial charge >= 0.3 is 0 Å². The maximum Gasteiger partial charge on any atom is 0.262 e. The molecule has 146 valence electrons. The lowest BCUT2D eigenvalue weighted by Crippen LogP contribution is -2.24. The van der Waals surface area contributed by atoms with Gasteiger partial charge in [-0.15, -0.1) is 0 Å². The van der Waals surface area contributed by atoms with Crippen molar-refractivity contribution in [2.75, 3.05) is 0 Å². The zero-order valence-electron chi connectivity index (χ0n) is 15.1. The average molecular weight is 445 g/mol. The van der Waals surface area contributed by atoms with Crippen molar-refractivity contribution in [2.45, 2.75) is 17.5 Å². The highest BCUT2D eigenvalue weighted by atomic mass is 35.5. The summed E-state index contributed by atoms with van der Waals surface area (Å²) in [7, 11) is 0. The van der Waals surface area contributed by atoms with Crippen LogP contribution < -0.4 is 5.56 Å². The molecule has 3 nitrogen and oxygen atoms in total. The van der Waals surface area contributed by atoms with E-state index in [1.54, 1.807) is 41.0 Å². The zero-order chi connectivity index (χ0) is 20.4. The van der Waals surface area contributed by atoms with Gasteiger partial charge in [-0.25, -0.2) is 9.37 Å². The summed E-state index contributed by atoms with van der Waals surface area (Å²) in [6, 6.07) is 18.7. The second kappa shape index (κ2) is 8.57. The van der Waals surface area contributed by atoms with Gasteiger partial charge in [0, 0.05) is 15.8 Å². The number of hydrogen-bond acceptors (Lipinski definition) is 3. The molecule has 0 unspecified atom stereocenters. The number of aromatic nitrogens is 2. The topological polar surface area (TPSA) is 34.9 Å². The summed E-state index contributed by atoms with van der Waals surface area (Å²) in [5, 5.41) is 2.22. The lowest BCUT2D eigenvalue weighted by molar-refractivity contribution is 0.622. The Bertz CT molecular complexity index is 1220. The standard InChI is InChI=1S/C22H15Cl2FN2OS/c23-18-5-3-6-19(24)17(18)13-29-22-26-20-7-2-1-4-16(20)21(28)27(22)12-14-8-10-15(25)11-9-14/h1-11H,12-13H2. The first-order valence-corrected chi connectivity index (χ1v) is 10.6. The van der Waals surface area contributed by atoms with Crippen LogP contribution >= 0.6 is 35.0 Å². The molecule has 1 aromatic heterocycles. The van der Waals surface area contributed by atoms with E-state index in [1.165, 1.54) is 23.9 Å². The van der Waals surface area contributed by atoms with Crippen molar-refractivity contribution in [3.8, 4) is 0 Å². The first kappa shape index (κ1) is 20.0. The van der Waals surface area contributed by atoms with Gasteiger partial charge in [0.1, 0.15) is 5.82 Å². The molecule has 0 bridgehead atoms.